The molecule has 0 atom stereocenters. The van der Waals surface area contributed by atoms with Crippen molar-refractivity contribution in [3.63, 3.8) is 0 Å². The van der Waals surface area contributed by atoms with Gasteiger partial charge in [-0.05, 0) is 0 Å². The van der Waals surface area contributed by atoms with E-state index in [0.717, 1.165) is 0 Å². The van der Waals surface area contributed by atoms with Crippen molar-refractivity contribution in [3.8, 4) is 0 Å². The molecule has 1 rings (SSSR count). The minimum atomic E-state index is 0.0231. The molecular formula is C8H17NO. The second-order valence-corrected chi connectivity index (χ2v) is 1.15. The molecule has 0 saturated carbocycles. The number of carbonyl (C=O) groups excluding carboxylic acids is 1. The molecule has 0 aliphatic carbocycles. The fourth-order valence-corrected chi connectivity index (χ4v) is 0.384. The highest BCUT2D eigenvalue weighted by molar-refractivity contribution is 5.89. The van der Waals surface area contributed by atoms with Gasteiger partial charge in [0, 0.05) is 12.6 Å². The highest BCUT2D eigenvalue weighted by Crippen LogP contribution is 1.79. The fourth-order valence-electron chi connectivity index (χ4n) is 0.384. The first-order chi connectivity index (χ1) is 4.89. The minimum absolute atomic E-state index is 0.0231. The monoisotopic (exact) mass is 143 g/mol. The summed E-state index contributed by atoms with van der Waals surface area (Å²) >= 11 is 0. The maximum atomic E-state index is 10.0. The Morgan fingerprint density at radius 2 is 1.80 bits per heavy atom. The normalized spacial score (nSPS) is 12.2. The van der Waals surface area contributed by atoms with Gasteiger partial charge in [-0.2, -0.15) is 0 Å². The van der Waals surface area contributed by atoms with E-state index in [0.29, 0.717) is 6.54 Å². The van der Waals surface area contributed by atoms with Gasteiger partial charge in [0.1, 0.15) is 0 Å². The Morgan fingerprint density at radius 1 is 1.30 bits per heavy atom. The Balaban J connectivity index is 0. The highest BCUT2D eigenvalue weighted by atomic mass is 16.1. The van der Waals surface area contributed by atoms with Crippen molar-refractivity contribution in [2.75, 3.05) is 6.54 Å². The first-order valence-electron chi connectivity index (χ1n) is 3.84. The average Bonchev–Trinajstić information content (AvgIpc) is 2.48. The molecule has 0 aromatic rings. The van der Waals surface area contributed by atoms with Crippen molar-refractivity contribution >= 4 is 5.91 Å². The molecule has 0 fully saturated rings. The van der Waals surface area contributed by atoms with Gasteiger partial charge in [0.05, 0.1) is 0 Å². The summed E-state index contributed by atoms with van der Waals surface area (Å²) in [5.41, 5.74) is 0. The summed E-state index contributed by atoms with van der Waals surface area (Å²) in [6, 6.07) is 0. The molecule has 1 aliphatic rings. The Labute approximate surface area is 63.3 Å². The molecule has 60 valence electrons. The molecule has 0 bridgehead atoms. The van der Waals surface area contributed by atoms with E-state index in [9.17, 15) is 4.79 Å². The van der Waals surface area contributed by atoms with Crippen molar-refractivity contribution < 1.29 is 4.79 Å². The number of rotatable bonds is 0. The third-order valence-electron chi connectivity index (χ3n) is 0.663. The van der Waals surface area contributed by atoms with Gasteiger partial charge in [-0.25, -0.2) is 0 Å². The predicted molar refractivity (Wildman–Crippen MR) is 44.8 cm³/mol. The Morgan fingerprint density at radius 3 is 1.90 bits per heavy atom. The van der Waals surface area contributed by atoms with Gasteiger partial charge in [0.25, 0.3) is 0 Å². The van der Waals surface area contributed by atoms with Crippen LogP contribution in [0.3, 0.4) is 0 Å². The smallest absolute Gasteiger partial charge is 0.243 e. The van der Waals surface area contributed by atoms with Crippen LogP contribution in [-0.4, -0.2) is 12.5 Å². The minimum Gasteiger partial charge on any atom is -0.349 e. The van der Waals surface area contributed by atoms with Gasteiger partial charge in [0.2, 0.25) is 5.91 Å². The maximum Gasteiger partial charge on any atom is 0.243 e. The number of carbonyl (C=O) groups is 1. The highest BCUT2D eigenvalue weighted by Gasteiger charge is 1.95. The third-order valence-corrected chi connectivity index (χ3v) is 0.663. The summed E-state index contributed by atoms with van der Waals surface area (Å²) in [4.78, 5) is 10.0. The first-order valence-corrected chi connectivity index (χ1v) is 3.84. The van der Waals surface area contributed by atoms with Crippen molar-refractivity contribution in [2.24, 2.45) is 0 Å². The van der Waals surface area contributed by atoms with Gasteiger partial charge in [-0.1, -0.05) is 33.8 Å². The summed E-state index contributed by atoms with van der Waals surface area (Å²) in [7, 11) is 0. The Kier molecular flexibility index (Phi) is 13.2. The van der Waals surface area contributed by atoms with Crippen LogP contribution in [0.5, 0.6) is 0 Å². The molecule has 10 heavy (non-hydrogen) atoms. The molecule has 0 aromatic carbocycles. The quantitative estimate of drug-likeness (QED) is 0.549. The zero-order valence-electron chi connectivity index (χ0n) is 7.27. The number of amides is 1. The predicted octanol–water partition coefficient (Wildman–Crippen LogP) is 1.72. The van der Waals surface area contributed by atoms with E-state index < -0.39 is 0 Å². The van der Waals surface area contributed by atoms with E-state index >= 15 is 0 Å². The molecule has 0 saturated heterocycles. The van der Waals surface area contributed by atoms with Crippen LogP contribution in [0.25, 0.3) is 0 Å². The van der Waals surface area contributed by atoms with Crippen molar-refractivity contribution in [1.29, 1.82) is 0 Å². The number of hydrogen-bond acceptors (Lipinski definition) is 1. The molecule has 0 unspecified atom stereocenters. The molecular weight excluding hydrogens is 126 g/mol. The summed E-state index contributed by atoms with van der Waals surface area (Å²) in [5, 5.41) is 2.57. The average molecular weight is 143 g/mol. The summed E-state index contributed by atoms with van der Waals surface area (Å²) in [6.45, 7) is 8.71. The molecule has 1 aliphatic heterocycles. The van der Waals surface area contributed by atoms with Crippen molar-refractivity contribution in [3.05, 3.63) is 12.2 Å². The Bertz CT molecular complexity index is 97.4. The number of nitrogens with one attached hydrogen (secondary N) is 1. The lowest BCUT2D eigenvalue weighted by Crippen LogP contribution is -2.13. The van der Waals surface area contributed by atoms with Gasteiger partial charge in [0.15, 0.2) is 0 Å². The van der Waals surface area contributed by atoms with E-state index in [-0.39, 0.29) is 5.91 Å². The molecule has 0 aromatic heterocycles. The lowest BCUT2D eigenvalue weighted by molar-refractivity contribution is -0.115. The van der Waals surface area contributed by atoms with E-state index in [1.54, 1.807) is 6.08 Å². The third kappa shape index (κ3) is 7.21. The summed E-state index contributed by atoms with van der Waals surface area (Å²) < 4.78 is 0. The zero-order valence-corrected chi connectivity index (χ0v) is 7.27. The zero-order chi connectivity index (χ0) is 8.41. The number of hydrogen-bond donors (Lipinski definition) is 1. The van der Waals surface area contributed by atoms with Crippen LogP contribution in [0.1, 0.15) is 27.7 Å². The maximum absolute atomic E-state index is 10.0. The van der Waals surface area contributed by atoms with Crippen LogP contribution in [0.2, 0.25) is 0 Å². The second kappa shape index (κ2) is 11.1. The van der Waals surface area contributed by atoms with Crippen LogP contribution < -0.4 is 5.32 Å². The van der Waals surface area contributed by atoms with E-state index in [1.807, 2.05) is 27.7 Å². The molecule has 1 amide bonds. The van der Waals surface area contributed by atoms with Crippen LogP contribution >= 0.6 is 0 Å². The lowest BCUT2D eigenvalue weighted by atomic mass is 10.6. The van der Waals surface area contributed by atoms with Crippen LogP contribution in [0.4, 0.5) is 0 Å². The molecule has 0 radical (unpaired) electrons. The molecule has 0 spiro atoms. The van der Waals surface area contributed by atoms with Crippen molar-refractivity contribution in [1.82, 2.24) is 5.32 Å². The SMILES string of the molecule is CC.CC.O=C1C=CCN1. The van der Waals surface area contributed by atoms with Gasteiger partial charge >= 0.3 is 0 Å². The molecule has 1 N–H and O–H groups in total. The van der Waals surface area contributed by atoms with E-state index in [1.165, 1.54) is 6.08 Å². The molecule has 2 heteroatoms. The van der Waals surface area contributed by atoms with Crippen LogP contribution in [-0.2, 0) is 4.79 Å². The lowest BCUT2D eigenvalue weighted by Gasteiger charge is -1.80. The topological polar surface area (TPSA) is 29.1 Å². The van der Waals surface area contributed by atoms with Gasteiger partial charge in [-0.3, -0.25) is 4.79 Å². The van der Waals surface area contributed by atoms with Gasteiger partial charge in [-0.15, -0.1) is 0 Å². The molecule has 1 heterocycles. The van der Waals surface area contributed by atoms with Crippen LogP contribution in [0.15, 0.2) is 12.2 Å². The van der Waals surface area contributed by atoms with E-state index in [2.05, 4.69) is 5.32 Å². The largest absolute Gasteiger partial charge is 0.349 e. The van der Waals surface area contributed by atoms with Crippen LogP contribution in [0, 0.1) is 0 Å². The van der Waals surface area contributed by atoms with Gasteiger partial charge < -0.3 is 5.32 Å². The molecule has 2 nitrogen and oxygen atoms in total. The Hall–Kier alpha value is -0.790. The summed E-state index contributed by atoms with van der Waals surface area (Å²) in [6.07, 6.45) is 3.32. The first kappa shape index (κ1) is 11.9. The fraction of sp³-hybridized carbons (Fsp3) is 0.625. The van der Waals surface area contributed by atoms with E-state index in [4.69, 9.17) is 0 Å². The second-order valence-electron chi connectivity index (χ2n) is 1.15. The standard InChI is InChI=1S/C4H5NO.2C2H6/c6-4-2-1-3-5-4;2*1-2/h1-2H,3H2,(H,5,6);2*1-2H3. The van der Waals surface area contributed by atoms with Crippen molar-refractivity contribution in [2.45, 2.75) is 27.7 Å². The summed E-state index contributed by atoms with van der Waals surface area (Å²) in [5.74, 6) is 0.0231.